The topological polar surface area (TPSA) is 175 Å². The van der Waals surface area contributed by atoms with Crippen LogP contribution in [0.5, 0.6) is 0 Å². The normalized spacial score (nSPS) is 23.9. The van der Waals surface area contributed by atoms with E-state index in [4.69, 9.17) is 19.4 Å². The molecule has 340 valence electrons. The molecule has 14 heteroatoms. The Balaban J connectivity index is 0.893. The molecule has 3 aliphatic carbocycles. The van der Waals surface area contributed by atoms with Gasteiger partial charge in [-0.15, -0.1) is 0 Å². The van der Waals surface area contributed by atoms with Gasteiger partial charge in [-0.3, -0.25) is 9.59 Å². The van der Waals surface area contributed by atoms with Gasteiger partial charge >= 0.3 is 12.2 Å². The van der Waals surface area contributed by atoms with Crippen LogP contribution in [0.25, 0.3) is 44.5 Å². The maximum Gasteiger partial charge on any atom is 0.407 e. The summed E-state index contributed by atoms with van der Waals surface area (Å²) in [5.74, 6) is 2.68. The van der Waals surface area contributed by atoms with Crippen LogP contribution < -0.4 is 10.6 Å². The van der Waals surface area contributed by atoms with Gasteiger partial charge in [-0.05, 0) is 132 Å². The third kappa shape index (κ3) is 7.52. The number of amides is 4. The Morgan fingerprint density at radius 1 is 0.738 bits per heavy atom. The number of benzene rings is 3. The van der Waals surface area contributed by atoms with Crippen molar-refractivity contribution in [1.82, 2.24) is 40.4 Å². The number of nitrogens with zero attached hydrogens (tertiary/aromatic N) is 4. The number of alkyl carbamates (subject to hydrolysis) is 2. The molecule has 4 amide bonds. The van der Waals surface area contributed by atoms with Crippen molar-refractivity contribution in [3.05, 3.63) is 83.6 Å². The lowest BCUT2D eigenvalue weighted by molar-refractivity contribution is -0.139. The highest BCUT2D eigenvalue weighted by atomic mass is 16.5. The zero-order chi connectivity index (χ0) is 45.3. The second-order valence-corrected chi connectivity index (χ2v) is 19.6. The molecule has 0 radical (unpaired) electrons. The van der Waals surface area contributed by atoms with E-state index < -0.39 is 24.3 Å². The monoisotopic (exact) mass is 880 g/mol. The number of ether oxygens (including phenoxy) is 2. The first-order valence-electron chi connectivity index (χ1n) is 23.6. The van der Waals surface area contributed by atoms with Crippen LogP contribution in [0.3, 0.4) is 0 Å². The van der Waals surface area contributed by atoms with Crippen LogP contribution >= 0.6 is 0 Å². The summed E-state index contributed by atoms with van der Waals surface area (Å²) < 4.78 is 9.68. The second kappa shape index (κ2) is 17.0. The van der Waals surface area contributed by atoms with E-state index in [0.717, 1.165) is 78.0 Å². The number of likely N-dealkylation sites (tertiary alicyclic amines) is 2. The minimum atomic E-state index is -0.687. The molecular formula is C51H60N8O6. The van der Waals surface area contributed by atoms with E-state index in [0.29, 0.717) is 24.3 Å². The van der Waals surface area contributed by atoms with E-state index in [9.17, 15) is 19.2 Å². The summed E-state index contributed by atoms with van der Waals surface area (Å²) in [5.41, 5.74) is 11.6. The summed E-state index contributed by atoms with van der Waals surface area (Å²) in [7, 11) is 2.62. The molecule has 2 saturated carbocycles. The van der Waals surface area contributed by atoms with E-state index in [2.05, 4.69) is 75.2 Å². The van der Waals surface area contributed by atoms with Gasteiger partial charge in [0.1, 0.15) is 23.7 Å². The lowest BCUT2D eigenvalue weighted by Crippen LogP contribution is -2.54. The van der Waals surface area contributed by atoms with Gasteiger partial charge in [-0.1, -0.05) is 70.2 Å². The van der Waals surface area contributed by atoms with Crippen molar-refractivity contribution >= 4 is 35.0 Å². The van der Waals surface area contributed by atoms with Crippen LogP contribution in [0.4, 0.5) is 9.59 Å². The lowest BCUT2D eigenvalue weighted by Gasteiger charge is -2.37. The van der Waals surface area contributed by atoms with E-state index in [1.165, 1.54) is 54.9 Å². The first kappa shape index (κ1) is 42.8. The van der Waals surface area contributed by atoms with Crippen LogP contribution in [0, 0.1) is 23.7 Å². The molecule has 2 aromatic heterocycles. The zero-order valence-corrected chi connectivity index (χ0v) is 38.1. The van der Waals surface area contributed by atoms with Crippen molar-refractivity contribution < 1.29 is 28.7 Å². The molecule has 5 aromatic rings. The Labute approximate surface area is 379 Å². The maximum atomic E-state index is 14.1. The summed E-state index contributed by atoms with van der Waals surface area (Å²) in [6.45, 7) is 8.33. The van der Waals surface area contributed by atoms with Crippen LogP contribution in [0.15, 0.2) is 60.8 Å². The zero-order valence-electron chi connectivity index (χ0n) is 38.1. The fourth-order valence-electron chi connectivity index (χ4n) is 11.8. The molecule has 4 unspecified atom stereocenters. The fraction of sp³-hybridized carbons (Fsp3) is 0.490. The molecule has 14 nitrogen and oxygen atoms in total. The molecule has 3 aromatic carbocycles. The quantitative estimate of drug-likeness (QED) is 0.102. The smallest absolute Gasteiger partial charge is 0.407 e. The number of imidazole rings is 2. The predicted octanol–water partition coefficient (Wildman–Crippen LogP) is 8.81. The minimum Gasteiger partial charge on any atom is -0.453 e. The average molecular weight is 881 g/mol. The number of methoxy groups -OCH3 is 2. The van der Waals surface area contributed by atoms with E-state index in [1.807, 2.05) is 43.7 Å². The Morgan fingerprint density at radius 2 is 1.42 bits per heavy atom. The van der Waals surface area contributed by atoms with E-state index in [1.54, 1.807) is 0 Å². The fourth-order valence-corrected chi connectivity index (χ4v) is 11.8. The Bertz CT molecular complexity index is 2650. The largest absolute Gasteiger partial charge is 0.453 e. The number of H-pyrrole nitrogens is 2. The van der Waals surface area contributed by atoms with Crippen molar-refractivity contribution in [3.63, 3.8) is 0 Å². The van der Waals surface area contributed by atoms with Crippen molar-refractivity contribution in [2.24, 2.45) is 23.7 Å². The number of aromatic amines is 2. The molecule has 4 heterocycles. The highest BCUT2D eigenvalue weighted by Crippen LogP contribution is 2.56. The van der Waals surface area contributed by atoms with Gasteiger partial charge in [0.2, 0.25) is 11.8 Å². The van der Waals surface area contributed by atoms with Gasteiger partial charge in [0, 0.05) is 12.6 Å². The molecule has 0 spiro atoms. The van der Waals surface area contributed by atoms with Crippen molar-refractivity contribution in [2.75, 3.05) is 20.8 Å². The minimum absolute atomic E-state index is 0.0817. The number of nitrogens with one attached hydrogen (secondary N) is 4. The van der Waals surface area contributed by atoms with Gasteiger partial charge < -0.3 is 39.9 Å². The first-order valence-corrected chi connectivity index (χ1v) is 23.6. The van der Waals surface area contributed by atoms with Crippen molar-refractivity contribution in [2.45, 2.75) is 115 Å². The molecule has 10 rings (SSSR count). The number of carbonyl (C=O) groups is 4. The van der Waals surface area contributed by atoms with Crippen molar-refractivity contribution in [1.29, 1.82) is 0 Å². The number of hydrogen-bond acceptors (Lipinski definition) is 8. The number of piperidine rings is 1. The Morgan fingerprint density at radius 3 is 2.11 bits per heavy atom. The molecule has 8 atom stereocenters. The third-order valence-electron chi connectivity index (χ3n) is 15.3. The number of rotatable bonds is 11. The number of carbonyl (C=O) groups excluding carboxylic acids is 4. The average Bonchev–Trinajstić information content (AvgIpc) is 4.17. The molecular weight excluding hydrogens is 821 g/mol. The summed E-state index contributed by atoms with van der Waals surface area (Å²) >= 11 is 0. The molecule has 2 saturated heterocycles. The van der Waals surface area contributed by atoms with Crippen LogP contribution in [-0.2, 0) is 25.5 Å². The second-order valence-electron chi connectivity index (χ2n) is 19.6. The summed E-state index contributed by atoms with van der Waals surface area (Å²) in [5, 5.41) is 5.52. The SMILES string of the molecule is COC(=O)N[C@H](C(=O)N1CCC[C@H]1c1nc2ccc(-c3ccc(-c4ccc(-c5cnc([C@@H]6C7CCC(C7)N6C(=O)[C@@H](NC(=O)OC)C(C)C)[nH]5)cc4)c4c3C3CCC3C4)cc2[nH]1)C(C)C. The summed E-state index contributed by atoms with van der Waals surface area (Å²) in [4.78, 5) is 73.1. The van der Waals surface area contributed by atoms with Crippen LogP contribution in [-0.4, -0.2) is 92.6 Å². The molecule has 2 bridgehead atoms. The Hall–Kier alpha value is -6.18. The van der Waals surface area contributed by atoms with Gasteiger partial charge in [0.15, 0.2) is 0 Å². The Kier molecular flexibility index (Phi) is 11.2. The van der Waals surface area contributed by atoms with Gasteiger partial charge in [-0.25, -0.2) is 19.6 Å². The molecule has 5 aliphatic rings. The number of hydrogen-bond donors (Lipinski definition) is 4. The van der Waals surface area contributed by atoms with Gasteiger partial charge in [0.25, 0.3) is 0 Å². The van der Waals surface area contributed by atoms with E-state index in [-0.39, 0.29) is 41.8 Å². The number of aromatic nitrogens is 4. The maximum absolute atomic E-state index is 14.1. The predicted molar refractivity (Wildman–Crippen MR) is 246 cm³/mol. The highest BCUT2D eigenvalue weighted by molar-refractivity contribution is 5.89. The van der Waals surface area contributed by atoms with Gasteiger partial charge in [-0.2, -0.15) is 0 Å². The summed E-state index contributed by atoms with van der Waals surface area (Å²) in [6.07, 6.45) is 8.79. The van der Waals surface area contributed by atoms with E-state index >= 15 is 0 Å². The summed E-state index contributed by atoms with van der Waals surface area (Å²) in [6, 6.07) is 18.2. The van der Waals surface area contributed by atoms with Crippen molar-refractivity contribution in [3.8, 4) is 33.5 Å². The standard InChI is InChI=1S/C51H60N8O6/c1-26(2)43(56-50(62)64-5)48(60)58-21-7-8-41(58)46-53-38-20-15-31(24-39(38)54-46)36-19-18-34(37-23-30-14-17-35(30)42(36)37)28-9-11-29(12-10-28)40-25-52-47(55-40)45-32-13-16-33(22-32)59(45)49(61)44(27(3)4)57-51(63)65-6/h9-12,15,18-20,24-27,30,32-33,35,41,43-45H,7-8,13-14,16-17,21-23H2,1-6H3,(H,52,55)(H,53,54)(H,56,62)(H,57,63)/t30?,32?,33?,35?,41-,43-,44-,45-/m0/s1. The van der Waals surface area contributed by atoms with Gasteiger partial charge in [0.05, 0.1) is 49.2 Å². The lowest BCUT2D eigenvalue weighted by atomic mass is 9.73. The number of fused-ring (bicyclic) bond motifs is 6. The molecule has 4 N–H and O–H groups in total. The first-order chi connectivity index (χ1) is 31.4. The third-order valence-corrected chi connectivity index (χ3v) is 15.3. The van der Waals surface area contributed by atoms with Crippen LogP contribution in [0.1, 0.15) is 113 Å². The van der Waals surface area contributed by atoms with Crippen LogP contribution in [0.2, 0.25) is 0 Å². The molecule has 2 aliphatic heterocycles. The molecule has 65 heavy (non-hydrogen) atoms. The molecule has 4 fully saturated rings. The highest BCUT2D eigenvalue weighted by Gasteiger charge is 2.51.